The molecule has 0 spiro atoms. The molecule has 3 rings (SSSR count). The molecule has 2 atom stereocenters. The summed E-state index contributed by atoms with van der Waals surface area (Å²) < 4.78 is 20.1. The van der Waals surface area contributed by atoms with E-state index in [1.165, 1.54) is 0 Å². The number of carbonyl (C=O) groups excluding carboxylic acids is 2. The molecule has 0 radical (unpaired) electrons. The summed E-state index contributed by atoms with van der Waals surface area (Å²) in [6.07, 6.45) is -0.556. The van der Waals surface area contributed by atoms with Gasteiger partial charge in [-0.1, -0.05) is 0 Å². The third kappa shape index (κ3) is 3.73. The lowest BCUT2D eigenvalue weighted by Crippen LogP contribution is -2.51. The lowest BCUT2D eigenvalue weighted by Gasteiger charge is -2.33. The molecule has 0 aromatic heterocycles. The van der Waals surface area contributed by atoms with E-state index in [9.17, 15) is 9.59 Å². The van der Waals surface area contributed by atoms with Crippen molar-refractivity contribution in [1.82, 2.24) is 9.80 Å². The molecule has 3 fully saturated rings. The van der Waals surface area contributed by atoms with Crippen LogP contribution in [0.25, 0.3) is 0 Å². The van der Waals surface area contributed by atoms with Crippen LogP contribution in [0.1, 0.15) is 0 Å². The highest BCUT2D eigenvalue weighted by molar-refractivity contribution is 5.70. The van der Waals surface area contributed by atoms with Crippen LogP contribution in [0, 0.1) is 0 Å². The van der Waals surface area contributed by atoms with E-state index >= 15 is 0 Å². The third-order valence-corrected chi connectivity index (χ3v) is 3.39. The van der Waals surface area contributed by atoms with Crippen molar-refractivity contribution in [2.45, 2.75) is 12.2 Å². The van der Waals surface area contributed by atoms with Crippen molar-refractivity contribution in [3.05, 3.63) is 0 Å². The first-order valence-corrected chi connectivity index (χ1v) is 6.79. The quantitative estimate of drug-likeness (QED) is 0.658. The van der Waals surface area contributed by atoms with E-state index < -0.39 is 0 Å². The Bertz CT molecular complexity index is 338. The lowest BCUT2D eigenvalue weighted by atomic mass is 10.3. The summed E-state index contributed by atoms with van der Waals surface area (Å²) in [6.45, 7) is 3.78. The molecule has 0 aromatic carbocycles. The van der Waals surface area contributed by atoms with Crippen molar-refractivity contribution in [1.29, 1.82) is 0 Å². The van der Waals surface area contributed by atoms with Gasteiger partial charge in [-0.05, 0) is 0 Å². The van der Waals surface area contributed by atoms with Gasteiger partial charge in [0.05, 0.1) is 13.2 Å². The van der Waals surface area contributed by atoms with Gasteiger partial charge < -0.3 is 28.7 Å². The largest absolute Gasteiger partial charge is 0.447 e. The van der Waals surface area contributed by atoms with Crippen LogP contribution in [0.2, 0.25) is 0 Å². The van der Waals surface area contributed by atoms with Crippen LogP contribution in [0.5, 0.6) is 0 Å². The minimum Gasteiger partial charge on any atom is -0.447 e. The Morgan fingerprint density at radius 3 is 1.50 bits per heavy atom. The topological polar surface area (TPSA) is 84.1 Å². The zero-order chi connectivity index (χ0) is 13.9. The van der Waals surface area contributed by atoms with Crippen LogP contribution in [0.15, 0.2) is 0 Å². The molecular weight excluding hydrogens is 268 g/mol. The first kappa shape index (κ1) is 13.4. The number of carbonyl (C=O) groups is 2. The lowest BCUT2D eigenvalue weighted by molar-refractivity contribution is 0.0562. The average molecular weight is 286 g/mol. The van der Waals surface area contributed by atoms with Crippen molar-refractivity contribution in [2.75, 3.05) is 52.6 Å². The van der Waals surface area contributed by atoms with Crippen LogP contribution in [-0.4, -0.2) is 86.8 Å². The number of hydrogen-bond acceptors (Lipinski definition) is 6. The van der Waals surface area contributed by atoms with E-state index in [2.05, 4.69) is 0 Å². The molecule has 112 valence electrons. The predicted octanol–water partition coefficient (Wildman–Crippen LogP) is -0.325. The molecule has 8 nitrogen and oxygen atoms in total. The second-order valence-electron chi connectivity index (χ2n) is 5.04. The van der Waals surface area contributed by atoms with Crippen molar-refractivity contribution in [3.63, 3.8) is 0 Å². The van der Waals surface area contributed by atoms with Crippen molar-refractivity contribution >= 4 is 12.2 Å². The van der Waals surface area contributed by atoms with Crippen LogP contribution < -0.4 is 0 Å². The summed E-state index contributed by atoms with van der Waals surface area (Å²) in [4.78, 5) is 26.6. The number of rotatable bonds is 4. The zero-order valence-electron chi connectivity index (χ0n) is 11.2. The molecule has 0 saturated carbocycles. The van der Waals surface area contributed by atoms with Gasteiger partial charge in [0.25, 0.3) is 0 Å². The molecule has 3 aliphatic heterocycles. The first-order chi connectivity index (χ1) is 9.72. The number of hydrogen-bond donors (Lipinski definition) is 0. The molecular formula is C12H18N2O6. The zero-order valence-corrected chi connectivity index (χ0v) is 11.2. The minimum absolute atomic E-state index is 0.0693. The number of ether oxygens (including phenoxy) is 4. The Labute approximate surface area is 116 Å². The number of nitrogens with zero attached hydrogens (tertiary/aromatic N) is 2. The maximum atomic E-state index is 11.7. The molecule has 0 aliphatic carbocycles. The van der Waals surface area contributed by atoms with Gasteiger partial charge in [0.2, 0.25) is 0 Å². The van der Waals surface area contributed by atoms with Gasteiger partial charge in [0, 0.05) is 26.2 Å². The summed E-state index contributed by atoms with van der Waals surface area (Å²) >= 11 is 0. The molecule has 2 unspecified atom stereocenters. The monoisotopic (exact) mass is 286 g/mol. The summed E-state index contributed by atoms with van der Waals surface area (Å²) in [5.41, 5.74) is 0. The SMILES string of the molecule is O=C(OCC1CO1)N1CCN(C(=O)OCC2CO2)CC1. The third-order valence-electron chi connectivity index (χ3n) is 3.39. The van der Waals surface area contributed by atoms with Gasteiger partial charge in [-0.25, -0.2) is 9.59 Å². The maximum Gasteiger partial charge on any atom is 0.409 e. The van der Waals surface area contributed by atoms with Gasteiger partial charge >= 0.3 is 12.2 Å². The van der Waals surface area contributed by atoms with Gasteiger partial charge in [0.15, 0.2) is 0 Å². The fraction of sp³-hybridized carbons (Fsp3) is 0.833. The molecule has 3 heterocycles. The van der Waals surface area contributed by atoms with Crippen molar-refractivity contribution in [2.24, 2.45) is 0 Å². The normalized spacial score (nSPS) is 28.0. The van der Waals surface area contributed by atoms with Crippen LogP contribution in [0.4, 0.5) is 9.59 Å². The highest BCUT2D eigenvalue weighted by atomic mass is 16.6. The first-order valence-electron chi connectivity index (χ1n) is 6.79. The minimum atomic E-state index is -0.347. The molecule has 0 bridgehead atoms. The second-order valence-corrected chi connectivity index (χ2v) is 5.04. The van der Waals surface area contributed by atoms with E-state index in [1.807, 2.05) is 0 Å². The highest BCUT2D eigenvalue weighted by Gasteiger charge is 2.30. The maximum absolute atomic E-state index is 11.7. The number of piperazine rings is 1. The fourth-order valence-electron chi connectivity index (χ4n) is 1.91. The Morgan fingerprint density at radius 2 is 1.20 bits per heavy atom. The van der Waals surface area contributed by atoms with E-state index in [0.29, 0.717) is 52.6 Å². The molecule has 8 heteroatoms. The molecule has 0 N–H and O–H groups in total. The van der Waals surface area contributed by atoms with Crippen LogP contribution >= 0.6 is 0 Å². The van der Waals surface area contributed by atoms with Crippen molar-refractivity contribution in [3.8, 4) is 0 Å². The van der Waals surface area contributed by atoms with E-state index in [-0.39, 0.29) is 24.4 Å². The van der Waals surface area contributed by atoms with E-state index in [0.717, 1.165) is 0 Å². The van der Waals surface area contributed by atoms with E-state index in [4.69, 9.17) is 18.9 Å². The van der Waals surface area contributed by atoms with Gasteiger partial charge in [-0.3, -0.25) is 0 Å². The average Bonchev–Trinajstić information content (AvgIpc) is 3.37. The van der Waals surface area contributed by atoms with Crippen molar-refractivity contribution < 1.29 is 28.5 Å². The van der Waals surface area contributed by atoms with Crippen LogP contribution in [0.3, 0.4) is 0 Å². The number of amides is 2. The molecule has 0 aromatic rings. The van der Waals surface area contributed by atoms with Gasteiger partial charge in [-0.15, -0.1) is 0 Å². The summed E-state index contributed by atoms with van der Waals surface area (Å²) in [7, 11) is 0. The number of epoxide rings is 2. The van der Waals surface area contributed by atoms with E-state index in [1.54, 1.807) is 9.80 Å². The molecule has 2 amide bonds. The standard InChI is InChI=1S/C12H18N2O6/c15-11(19-7-9-5-17-9)13-1-2-14(4-3-13)12(16)20-8-10-6-18-10/h9-10H,1-8H2. The molecule has 3 aliphatic rings. The Morgan fingerprint density at radius 1 is 0.850 bits per heavy atom. The Hall–Kier alpha value is -1.54. The Kier molecular flexibility index (Phi) is 3.93. The van der Waals surface area contributed by atoms with Crippen LogP contribution in [-0.2, 0) is 18.9 Å². The Balaban J connectivity index is 1.34. The van der Waals surface area contributed by atoms with Gasteiger partial charge in [0.1, 0.15) is 25.4 Å². The predicted molar refractivity (Wildman–Crippen MR) is 65.3 cm³/mol. The smallest absolute Gasteiger partial charge is 0.409 e. The summed E-state index contributed by atoms with van der Waals surface area (Å²) in [6, 6.07) is 0. The van der Waals surface area contributed by atoms with Gasteiger partial charge in [-0.2, -0.15) is 0 Å². The fourth-order valence-corrected chi connectivity index (χ4v) is 1.91. The second kappa shape index (κ2) is 5.84. The summed E-state index contributed by atoms with van der Waals surface area (Å²) in [5.74, 6) is 0. The molecule has 3 saturated heterocycles. The highest BCUT2D eigenvalue weighted by Crippen LogP contribution is 2.12. The summed E-state index contributed by atoms with van der Waals surface area (Å²) in [5, 5.41) is 0. The molecule has 20 heavy (non-hydrogen) atoms.